The van der Waals surface area contributed by atoms with Gasteiger partial charge in [0.25, 0.3) is 17.7 Å². The van der Waals surface area contributed by atoms with E-state index in [1.54, 1.807) is 0 Å². The lowest BCUT2D eigenvalue weighted by Gasteiger charge is -2.11. The second-order valence-electron chi connectivity index (χ2n) is 9.90. The van der Waals surface area contributed by atoms with E-state index in [2.05, 4.69) is 30.9 Å². The van der Waals surface area contributed by atoms with Gasteiger partial charge in [0.1, 0.15) is 0 Å². The van der Waals surface area contributed by atoms with Gasteiger partial charge in [0.05, 0.1) is 33.4 Å². The Morgan fingerprint density at radius 3 is 0.667 bits per heavy atom. The Labute approximate surface area is 280 Å². The van der Waals surface area contributed by atoms with Gasteiger partial charge >= 0.3 is 35.8 Å². The Kier molecular flexibility index (Phi) is 10.1. The van der Waals surface area contributed by atoms with E-state index in [1.165, 1.54) is 0 Å². The average Bonchev–Trinajstić information content (AvgIpc) is 3.07. The minimum Gasteiger partial charge on any atom is -0.478 e. The van der Waals surface area contributed by atoms with Crippen LogP contribution >= 0.6 is 0 Å². The second-order valence-corrected chi connectivity index (χ2v) is 9.90. The number of nitrogens with one attached hydrogen (secondary N) is 3. The van der Waals surface area contributed by atoms with Crippen molar-refractivity contribution in [1.29, 1.82) is 0 Å². The molecule has 4 aromatic rings. The maximum absolute atomic E-state index is 13.2. The van der Waals surface area contributed by atoms with E-state index in [-0.39, 0.29) is 0 Å². The molecule has 0 fully saturated rings. The van der Waals surface area contributed by atoms with Crippen LogP contribution in [0, 0.1) is 0 Å². The Balaban J connectivity index is 1.79. The van der Waals surface area contributed by atoms with Crippen molar-refractivity contribution in [1.82, 2.24) is 15.0 Å². The summed E-state index contributed by atoms with van der Waals surface area (Å²) < 4.78 is 0. The van der Waals surface area contributed by atoms with E-state index in [0.717, 1.165) is 54.6 Å². The number of aromatic nitrogens is 3. The fraction of sp³-hybridized carbons (Fsp3) is 0. The number of hydrogen-bond acceptors (Lipinski definition) is 12. The van der Waals surface area contributed by atoms with Crippen molar-refractivity contribution in [3.05, 3.63) is 105 Å². The molecule has 0 saturated heterocycles. The van der Waals surface area contributed by atoms with Gasteiger partial charge in [0.15, 0.2) is 0 Å². The standard InChI is InChI=1S/C30H18N6O15/c37-22(31-16-4-10(25(40)41)1-11(5-16)26(42)43)19-34-20(23(38)32-17-6-12(27(44)45)2-13(7-17)28(46)47)36-21(35-19)24(39)33-18-8-14(29(48)49)3-15(9-18)30(50)51/h1-9H,(H,31,37)(H,32,38)(H,33,39)(H,40,41)(H,42,43)(H,44,45)(H,46,47)(H,48,49)(H,50,51). The molecule has 9 N–H and O–H groups in total. The summed E-state index contributed by atoms with van der Waals surface area (Å²) in [7, 11) is 0. The fourth-order valence-corrected chi connectivity index (χ4v) is 4.08. The first kappa shape index (κ1) is 35.7. The van der Waals surface area contributed by atoms with E-state index in [9.17, 15) is 73.8 Å². The number of carbonyl (C=O) groups excluding carboxylic acids is 3. The molecule has 258 valence electrons. The van der Waals surface area contributed by atoms with Gasteiger partial charge < -0.3 is 46.6 Å². The molecule has 21 heteroatoms. The number of amides is 3. The number of rotatable bonds is 12. The zero-order chi connectivity index (χ0) is 37.7. The van der Waals surface area contributed by atoms with Crippen molar-refractivity contribution < 1.29 is 73.8 Å². The molecule has 51 heavy (non-hydrogen) atoms. The van der Waals surface area contributed by atoms with Crippen LogP contribution in [-0.4, -0.2) is 99.1 Å². The number of nitrogens with zero attached hydrogens (tertiary/aromatic N) is 3. The Bertz CT molecular complexity index is 1880. The van der Waals surface area contributed by atoms with Crippen LogP contribution < -0.4 is 16.0 Å². The molecule has 0 spiro atoms. The summed E-state index contributed by atoms with van der Waals surface area (Å²) in [6.07, 6.45) is 0. The summed E-state index contributed by atoms with van der Waals surface area (Å²) in [5.74, 6) is -16.5. The summed E-state index contributed by atoms with van der Waals surface area (Å²) in [6.45, 7) is 0. The quantitative estimate of drug-likeness (QED) is 0.102. The van der Waals surface area contributed by atoms with Gasteiger partial charge in [-0.05, 0) is 54.6 Å². The van der Waals surface area contributed by atoms with E-state index in [0.29, 0.717) is 0 Å². The predicted molar refractivity (Wildman–Crippen MR) is 165 cm³/mol. The molecule has 0 radical (unpaired) electrons. The minimum atomic E-state index is -1.57. The van der Waals surface area contributed by atoms with Crippen molar-refractivity contribution in [2.75, 3.05) is 16.0 Å². The third-order valence-corrected chi connectivity index (χ3v) is 6.30. The Hall–Kier alpha value is -8.10. The highest BCUT2D eigenvalue weighted by atomic mass is 16.4. The molecule has 0 bridgehead atoms. The van der Waals surface area contributed by atoms with Gasteiger partial charge in [-0.1, -0.05) is 0 Å². The Morgan fingerprint density at radius 2 is 0.510 bits per heavy atom. The molecule has 0 aliphatic rings. The summed E-state index contributed by atoms with van der Waals surface area (Å²) >= 11 is 0. The Morgan fingerprint density at radius 1 is 0.333 bits per heavy atom. The van der Waals surface area contributed by atoms with Crippen LogP contribution in [0.5, 0.6) is 0 Å². The fourth-order valence-electron chi connectivity index (χ4n) is 4.08. The van der Waals surface area contributed by atoms with E-state index < -0.39 is 121 Å². The van der Waals surface area contributed by atoms with Gasteiger partial charge in [-0.25, -0.2) is 28.8 Å². The normalized spacial score (nSPS) is 10.4. The largest absolute Gasteiger partial charge is 0.478 e. The summed E-state index contributed by atoms with van der Waals surface area (Å²) in [5, 5.41) is 62.4. The number of carboxylic acids is 6. The lowest BCUT2D eigenvalue weighted by molar-refractivity contribution is 0.0676. The van der Waals surface area contributed by atoms with E-state index in [1.807, 2.05) is 0 Å². The second kappa shape index (κ2) is 14.3. The molecular weight excluding hydrogens is 684 g/mol. The van der Waals surface area contributed by atoms with Gasteiger partial charge in [-0.3, -0.25) is 14.4 Å². The van der Waals surface area contributed by atoms with Crippen LogP contribution in [0.4, 0.5) is 17.1 Å². The van der Waals surface area contributed by atoms with E-state index >= 15 is 0 Å². The van der Waals surface area contributed by atoms with Crippen LogP contribution in [0.15, 0.2) is 54.6 Å². The lowest BCUT2D eigenvalue weighted by atomic mass is 10.1. The molecule has 0 aliphatic carbocycles. The maximum atomic E-state index is 13.2. The molecule has 0 aliphatic heterocycles. The first-order valence-electron chi connectivity index (χ1n) is 13.5. The van der Waals surface area contributed by atoms with Crippen molar-refractivity contribution in [3.8, 4) is 0 Å². The molecule has 0 saturated carbocycles. The van der Waals surface area contributed by atoms with Crippen LogP contribution in [0.2, 0.25) is 0 Å². The summed E-state index contributed by atoms with van der Waals surface area (Å²) in [4.78, 5) is 120. The minimum absolute atomic E-state index is 0.409. The van der Waals surface area contributed by atoms with Crippen LogP contribution in [0.3, 0.4) is 0 Å². The SMILES string of the molecule is O=C(O)c1cc(NC(=O)c2nc(C(=O)Nc3cc(C(=O)O)cc(C(=O)O)c3)nc(C(=O)Nc3cc(C(=O)O)cc(C(=O)O)c3)n2)cc(C(=O)O)c1. The molecule has 4 rings (SSSR count). The van der Waals surface area contributed by atoms with Crippen LogP contribution in [0.1, 0.15) is 94.0 Å². The van der Waals surface area contributed by atoms with Gasteiger partial charge in [-0.15, -0.1) is 0 Å². The van der Waals surface area contributed by atoms with Crippen molar-refractivity contribution in [2.45, 2.75) is 0 Å². The number of hydrogen-bond donors (Lipinski definition) is 9. The smallest absolute Gasteiger partial charge is 0.335 e. The highest BCUT2D eigenvalue weighted by Gasteiger charge is 2.24. The number of anilines is 3. The monoisotopic (exact) mass is 702 g/mol. The number of benzene rings is 3. The predicted octanol–water partition coefficient (Wildman–Crippen LogP) is 1.82. The van der Waals surface area contributed by atoms with Gasteiger partial charge in [0.2, 0.25) is 17.5 Å². The number of aromatic carboxylic acids is 6. The first-order chi connectivity index (χ1) is 23.9. The highest BCUT2D eigenvalue weighted by molar-refractivity contribution is 6.09. The third kappa shape index (κ3) is 8.63. The van der Waals surface area contributed by atoms with Crippen molar-refractivity contribution in [2.24, 2.45) is 0 Å². The zero-order valence-corrected chi connectivity index (χ0v) is 24.9. The van der Waals surface area contributed by atoms with Crippen LogP contribution in [0.25, 0.3) is 0 Å². The number of carboxylic acid groups (broad SMARTS) is 6. The highest BCUT2D eigenvalue weighted by Crippen LogP contribution is 2.20. The lowest BCUT2D eigenvalue weighted by Crippen LogP contribution is -2.26. The van der Waals surface area contributed by atoms with Gasteiger partial charge in [0, 0.05) is 17.1 Å². The molecule has 3 aromatic carbocycles. The third-order valence-electron chi connectivity index (χ3n) is 6.30. The topological polar surface area (TPSA) is 350 Å². The molecule has 0 atom stereocenters. The van der Waals surface area contributed by atoms with Crippen molar-refractivity contribution >= 4 is 70.6 Å². The average molecular weight is 703 g/mol. The number of carbonyl (C=O) groups is 9. The van der Waals surface area contributed by atoms with E-state index in [4.69, 9.17) is 0 Å². The van der Waals surface area contributed by atoms with Crippen LogP contribution in [-0.2, 0) is 0 Å². The summed E-state index contributed by atoms with van der Waals surface area (Å²) in [5.41, 5.74) is -4.59. The van der Waals surface area contributed by atoms with Crippen molar-refractivity contribution in [3.63, 3.8) is 0 Å². The maximum Gasteiger partial charge on any atom is 0.335 e. The molecule has 3 amide bonds. The summed E-state index contributed by atoms with van der Waals surface area (Å²) in [6, 6.07) is 7.54. The molecule has 0 unspecified atom stereocenters. The molecular formula is C30H18N6O15. The van der Waals surface area contributed by atoms with Gasteiger partial charge in [-0.2, -0.15) is 15.0 Å². The molecule has 1 heterocycles. The first-order valence-corrected chi connectivity index (χ1v) is 13.5. The molecule has 21 nitrogen and oxygen atoms in total. The molecule has 1 aromatic heterocycles. The zero-order valence-electron chi connectivity index (χ0n) is 24.9.